The lowest BCUT2D eigenvalue weighted by Crippen LogP contribution is -2.14. The number of hydrogen-bond acceptors (Lipinski definition) is 4. The predicted octanol–water partition coefficient (Wildman–Crippen LogP) is 5.03. The lowest BCUT2D eigenvalue weighted by atomic mass is 10.0. The molecule has 0 fully saturated rings. The van der Waals surface area contributed by atoms with Crippen LogP contribution in [0.25, 0.3) is 11.1 Å². The molecular weight excluding hydrogens is 322 g/mol. The van der Waals surface area contributed by atoms with E-state index in [0.29, 0.717) is 23.6 Å². The first-order chi connectivity index (χ1) is 11.6. The molecule has 2 aromatic rings. The number of thiophene rings is 1. The van der Waals surface area contributed by atoms with Crippen LogP contribution in [-0.2, 0) is 9.53 Å². The summed E-state index contributed by atoms with van der Waals surface area (Å²) in [6, 6.07) is 7.95. The van der Waals surface area contributed by atoms with Gasteiger partial charge in [-0.05, 0) is 25.8 Å². The Bertz CT molecular complexity index is 704. The van der Waals surface area contributed by atoms with Crippen LogP contribution >= 0.6 is 11.3 Å². The second-order valence-corrected chi connectivity index (χ2v) is 6.47. The number of esters is 1. The highest BCUT2D eigenvalue weighted by Gasteiger charge is 2.22. The maximum Gasteiger partial charge on any atom is 0.341 e. The smallest absolute Gasteiger partial charge is 0.341 e. The molecule has 128 valence electrons. The third-order valence-electron chi connectivity index (χ3n) is 3.64. The average Bonchev–Trinajstić information content (AvgIpc) is 2.97. The van der Waals surface area contributed by atoms with Crippen LogP contribution in [0.5, 0.6) is 0 Å². The minimum absolute atomic E-state index is 0.0697. The van der Waals surface area contributed by atoms with Gasteiger partial charge in [0.05, 0.1) is 6.61 Å². The molecule has 0 aliphatic rings. The van der Waals surface area contributed by atoms with Gasteiger partial charge in [-0.25, -0.2) is 4.79 Å². The van der Waals surface area contributed by atoms with E-state index in [1.807, 2.05) is 43.5 Å². The first-order valence-electron chi connectivity index (χ1n) is 8.22. The van der Waals surface area contributed by atoms with Crippen LogP contribution in [0.1, 0.15) is 49.0 Å². The Labute approximate surface area is 146 Å². The largest absolute Gasteiger partial charge is 0.462 e. The fraction of sp³-hybridized carbons (Fsp3) is 0.368. The Morgan fingerprint density at radius 1 is 1.17 bits per heavy atom. The number of aryl methyl sites for hydroxylation is 1. The third kappa shape index (κ3) is 4.45. The molecule has 4 nitrogen and oxygen atoms in total. The molecule has 0 spiro atoms. The highest BCUT2D eigenvalue weighted by Crippen LogP contribution is 2.36. The number of amides is 1. The standard InChI is InChI=1S/C19H23NO3S/c1-4-6-7-16(21)20-18-17(19(22)23-5-2)15(12-24-18)14-10-8-13(3)9-11-14/h8-12H,4-7H2,1-3H3,(H,20,21). The summed E-state index contributed by atoms with van der Waals surface area (Å²) in [5.74, 6) is -0.472. The van der Waals surface area contributed by atoms with Crippen molar-refractivity contribution in [2.75, 3.05) is 11.9 Å². The first-order valence-corrected chi connectivity index (χ1v) is 9.10. The Morgan fingerprint density at radius 2 is 1.88 bits per heavy atom. The van der Waals surface area contributed by atoms with Gasteiger partial charge in [-0.15, -0.1) is 11.3 Å². The molecule has 0 aliphatic heterocycles. The van der Waals surface area contributed by atoms with Crippen molar-refractivity contribution >= 4 is 28.2 Å². The number of hydrogen-bond donors (Lipinski definition) is 1. The van der Waals surface area contributed by atoms with E-state index in [-0.39, 0.29) is 5.91 Å². The zero-order valence-electron chi connectivity index (χ0n) is 14.3. The van der Waals surface area contributed by atoms with E-state index in [1.54, 1.807) is 6.92 Å². The highest BCUT2D eigenvalue weighted by molar-refractivity contribution is 7.15. The Hall–Kier alpha value is -2.14. The predicted molar refractivity (Wildman–Crippen MR) is 98.6 cm³/mol. The second kappa shape index (κ2) is 8.64. The number of nitrogens with one attached hydrogen (secondary N) is 1. The molecule has 0 saturated carbocycles. The Morgan fingerprint density at radius 3 is 2.50 bits per heavy atom. The maximum absolute atomic E-state index is 12.4. The van der Waals surface area contributed by atoms with Crippen LogP contribution in [0, 0.1) is 6.92 Å². The lowest BCUT2D eigenvalue weighted by Gasteiger charge is -2.09. The van der Waals surface area contributed by atoms with Gasteiger partial charge in [-0.3, -0.25) is 4.79 Å². The van der Waals surface area contributed by atoms with Crippen LogP contribution in [0.4, 0.5) is 5.00 Å². The van der Waals surface area contributed by atoms with Gasteiger partial charge in [0.15, 0.2) is 0 Å². The molecule has 0 radical (unpaired) electrons. The molecule has 0 atom stereocenters. The number of benzene rings is 1. The van der Waals surface area contributed by atoms with Gasteiger partial charge in [0.1, 0.15) is 10.6 Å². The van der Waals surface area contributed by atoms with Crippen molar-refractivity contribution in [1.82, 2.24) is 0 Å². The number of carbonyl (C=O) groups is 2. The lowest BCUT2D eigenvalue weighted by molar-refractivity contribution is -0.116. The zero-order chi connectivity index (χ0) is 17.5. The Kier molecular flexibility index (Phi) is 6.55. The van der Waals surface area contributed by atoms with Gasteiger partial charge in [0, 0.05) is 17.4 Å². The summed E-state index contributed by atoms with van der Waals surface area (Å²) >= 11 is 1.36. The number of unbranched alkanes of at least 4 members (excludes halogenated alkanes) is 1. The topological polar surface area (TPSA) is 55.4 Å². The summed E-state index contributed by atoms with van der Waals surface area (Å²) in [6.07, 6.45) is 2.24. The van der Waals surface area contributed by atoms with Crippen LogP contribution in [0.2, 0.25) is 0 Å². The van der Waals surface area contributed by atoms with Crippen molar-refractivity contribution in [3.63, 3.8) is 0 Å². The minimum atomic E-state index is -0.403. The van der Waals surface area contributed by atoms with E-state index in [4.69, 9.17) is 4.74 Å². The zero-order valence-corrected chi connectivity index (χ0v) is 15.2. The van der Waals surface area contributed by atoms with Gasteiger partial charge in [0.25, 0.3) is 0 Å². The molecule has 1 amide bonds. The molecule has 5 heteroatoms. The minimum Gasteiger partial charge on any atom is -0.462 e. The number of rotatable bonds is 7. The summed E-state index contributed by atoms with van der Waals surface area (Å²) in [5, 5.41) is 5.32. The van der Waals surface area contributed by atoms with Crippen molar-refractivity contribution < 1.29 is 14.3 Å². The van der Waals surface area contributed by atoms with Gasteiger partial charge in [0.2, 0.25) is 5.91 Å². The van der Waals surface area contributed by atoms with Crippen LogP contribution in [-0.4, -0.2) is 18.5 Å². The first kappa shape index (κ1) is 18.2. The van der Waals surface area contributed by atoms with E-state index in [2.05, 4.69) is 5.32 Å². The fourth-order valence-corrected chi connectivity index (χ4v) is 3.30. The highest BCUT2D eigenvalue weighted by atomic mass is 32.1. The molecular formula is C19H23NO3S. The molecule has 1 heterocycles. The number of anilines is 1. The van der Waals surface area contributed by atoms with E-state index in [1.165, 1.54) is 11.3 Å². The van der Waals surface area contributed by atoms with Gasteiger partial charge in [-0.1, -0.05) is 43.2 Å². The monoisotopic (exact) mass is 345 g/mol. The van der Waals surface area contributed by atoms with E-state index in [0.717, 1.165) is 29.5 Å². The van der Waals surface area contributed by atoms with E-state index in [9.17, 15) is 9.59 Å². The van der Waals surface area contributed by atoms with Gasteiger partial charge in [-0.2, -0.15) is 0 Å². The summed E-state index contributed by atoms with van der Waals surface area (Å²) in [6.45, 7) is 6.13. The maximum atomic E-state index is 12.4. The molecule has 1 N–H and O–H groups in total. The fourth-order valence-electron chi connectivity index (χ4n) is 2.33. The van der Waals surface area contributed by atoms with Crippen LogP contribution in [0.3, 0.4) is 0 Å². The van der Waals surface area contributed by atoms with E-state index < -0.39 is 5.97 Å². The number of ether oxygens (including phenoxy) is 1. The molecule has 2 rings (SSSR count). The van der Waals surface area contributed by atoms with Crippen molar-refractivity contribution in [2.45, 2.75) is 40.0 Å². The molecule has 24 heavy (non-hydrogen) atoms. The average molecular weight is 345 g/mol. The molecule has 0 unspecified atom stereocenters. The molecule has 1 aromatic heterocycles. The molecule has 0 bridgehead atoms. The van der Waals surface area contributed by atoms with Gasteiger partial charge >= 0.3 is 5.97 Å². The summed E-state index contributed by atoms with van der Waals surface area (Å²) in [5.41, 5.74) is 3.33. The van der Waals surface area contributed by atoms with Crippen molar-refractivity contribution in [3.05, 3.63) is 40.8 Å². The molecule has 0 aliphatic carbocycles. The summed E-state index contributed by atoms with van der Waals surface area (Å²) < 4.78 is 5.19. The Balaban J connectivity index is 2.35. The molecule has 1 aromatic carbocycles. The van der Waals surface area contributed by atoms with Crippen LogP contribution < -0.4 is 5.32 Å². The van der Waals surface area contributed by atoms with Crippen LogP contribution in [0.15, 0.2) is 29.6 Å². The SMILES string of the molecule is CCCCC(=O)Nc1scc(-c2ccc(C)cc2)c1C(=O)OCC. The van der Waals surface area contributed by atoms with Gasteiger partial charge < -0.3 is 10.1 Å². The molecule has 0 saturated heterocycles. The normalized spacial score (nSPS) is 10.5. The van der Waals surface area contributed by atoms with Crippen molar-refractivity contribution in [1.29, 1.82) is 0 Å². The summed E-state index contributed by atoms with van der Waals surface area (Å²) in [4.78, 5) is 24.5. The van der Waals surface area contributed by atoms with E-state index >= 15 is 0 Å². The van der Waals surface area contributed by atoms with Crippen molar-refractivity contribution in [2.24, 2.45) is 0 Å². The third-order valence-corrected chi connectivity index (χ3v) is 4.54. The summed E-state index contributed by atoms with van der Waals surface area (Å²) in [7, 11) is 0. The number of carbonyl (C=O) groups excluding carboxylic acids is 2. The quantitative estimate of drug-likeness (QED) is 0.716. The van der Waals surface area contributed by atoms with Crippen molar-refractivity contribution in [3.8, 4) is 11.1 Å². The second-order valence-electron chi connectivity index (χ2n) is 5.59.